The first-order valence-electron chi connectivity index (χ1n) is 5.39. The van der Waals surface area contributed by atoms with Crippen LogP contribution in [0.25, 0.3) is 0 Å². The Morgan fingerprint density at radius 3 is 2.73 bits per heavy atom. The summed E-state index contributed by atoms with van der Waals surface area (Å²) in [7, 11) is 0. The van der Waals surface area contributed by atoms with Gasteiger partial charge in [-0.2, -0.15) is 0 Å². The first-order chi connectivity index (χ1) is 7.26. The molecule has 0 unspecified atom stereocenters. The van der Waals surface area contributed by atoms with Crippen molar-refractivity contribution >= 4 is 11.8 Å². The first-order valence-corrected chi connectivity index (χ1v) is 6.37. The summed E-state index contributed by atoms with van der Waals surface area (Å²) in [5, 5.41) is 3.20. The van der Waals surface area contributed by atoms with E-state index >= 15 is 0 Å². The Labute approximate surface area is 95.5 Å². The second-order valence-corrected chi connectivity index (χ2v) is 4.59. The van der Waals surface area contributed by atoms with E-state index in [1.807, 2.05) is 6.92 Å². The van der Waals surface area contributed by atoms with Crippen molar-refractivity contribution in [3.05, 3.63) is 29.6 Å². The number of hydrogen-bond donors (Lipinski definition) is 1. The summed E-state index contributed by atoms with van der Waals surface area (Å²) >= 11 is 1.71. The van der Waals surface area contributed by atoms with Crippen LogP contribution in [0.2, 0.25) is 0 Å². The number of thioether (sulfide) groups is 1. The zero-order valence-electron chi connectivity index (χ0n) is 9.35. The molecule has 0 spiro atoms. The van der Waals surface area contributed by atoms with Crippen LogP contribution in [0.5, 0.6) is 0 Å². The van der Waals surface area contributed by atoms with E-state index in [4.69, 9.17) is 0 Å². The van der Waals surface area contributed by atoms with Gasteiger partial charge in [0.25, 0.3) is 0 Å². The van der Waals surface area contributed by atoms with E-state index in [0.717, 1.165) is 35.7 Å². The van der Waals surface area contributed by atoms with Crippen molar-refractivity contribution < 1.29 is 4.39 Å². The minimum absolute atomic E-state index is 0.135. The molecule has 0 aliphatic heterocycles. The van der Waals surface area contributed by atoms with Gasteiger partial charge in [0, 0.05) is 11.4 Å². The highest BCUT2D eigenvalue weighted by molar-refractivity contribution is 7.99. The highest BCUT2D eigenvalue weighted by Crippen LogP contribution is 2.21. The lowest BCUT2D eigenvalue weighted by Gasteiger charge is -2.06. The van der Waals surface area contributed by atoms with Crippen LogP contribution in [0.1, 0.15) is 25.8 Å². The normalized spacial score (nSPS) is 10.6. The summed E-state index contributed by atoms with van der Waals surface area (Å²) < 4.78 is 13.2. The summed E-state index contributed by atoms with van der Waals surface area (Å²) in [5.41, 5.74) is 1.02. The third-order valence-electron chi connectivity index (χ3n) is 1.98. The highest BCUT2D eigenvalue weighted by Gasteiger charge is 2.00. The molecule has 0 bridgehead atoms. The number of benzene rings is 1. The summed E-state index contributed by atoms with van der Waals surface area (Å²) in [6.07, 6.45) is 1.11. The lowest BCUT2D eigenvalue weighted by Crippen LogP contribution is -2.11. The van der Waals surface area contributed by atoms with Crippen molar-refractivity contribution in [3.63, 3.8) is 0 Å². The summed E-state index contributed by atoms with van der Waals surface area (Å²) in [4.78, 5) is 1.03. The van der Waals surface area contributed by atoms with Crippen LogP contribution in [0.4, 0.5) is 4.39 Å². The molecule has 0 aliphatic carbocycles. The topological polar surface area (TPSA) is 12.0 Å². The Morgan fingerprint density at radius 1 is 1.27 bits per heavy atom. The number of nitrogens with one attached hydrogen (secondary N) is 1. The number of halogens is 1. The number of rotatable bonds is 6. The largest absolute Gasteiger partial charge is 0.313 e. The summed E-state index contributed by atoms with van der Waals surface area (Å²) in [5.74, 6) is 0.911. The maximum Gasteiger partial charge on any atom is 0.124 e. The average molecular weight is 227 g/mol. The zero-order valence-corrected chi connectivity index (χ0v) is 10.2. The predicted molar refractivity (Wildman–Crippen MR) is 64.8 cm³/mol. The van der Waals surface area contributed by atoms with Gasteiger partial charge in [-0.05, 0) is 42.5 Å². The van der Waals surface area contributed by atoms with Crippen molar-refractivity contribution in [3.8, 4) is 0 Å². The van der Waals surface area contributed by atoms with Gasteiger partial charge in [0.1, 0.15) is 5.82 Å². The predicted octanol–water partition coefficient (Wildman–Crippen LogP) is 3.44. The molecule has 1 N–H and O–H groups in total. The Balaban J connectivity index is 2.66. The fraction of sp³-hybridized carbons (Fsp3) is 0.500. The van der Waals surface area contributed by atoms with Gasteiger partial charge in [-0.3, -0.25) is 0 Å². The van der Waals surface area contributed by atoms with Crippen molar-refractivity contribution in [2.45, 2.75) is 31.7 Å². The monoisotopic (exact) mass is 227 g/mol. The van der Waals surface area contributed by atoms with Crippen LogP contribution in [0.15, 0.2) is 23.1 Å². The molecule has 0 aromatic heterocycles. The molecule has 84 valence electrons. The van der Waals surface area contributed by atoms with E-state index in [9.17, 15) is 4.39 Å². The van der Waals surface area contributed by atoms with Crippen LogP contribution in [-0.2, 0) is 6.54 Å². The van der Waals surface area contributed by atoms with Gasteiger partial charge in [0.15, 0.2) is 0 Å². The quantitative estimate of drug-likeness (QED) is 0.747. The smallest absolute Gasteiger partial charge is 0.124 e. The van der Waals surface area contributed by atoms with Crippen molar-refractivity contribution in [1.29, 1.82) is 0 Å². The molecular formula is C12H18FNS. The van der Waals surface area contributed by atoms with E-state index in [2.05, 4.69) is 18.3 Å². The molecule has 0 heterocycles. The van der Waals surface area contributed by atoms with E-state index in [1.165, 1.54) is 0 Å². The molecule has 0 amide bonds. The Morgan fingerprint density at radius 2 is 2.07 bits per heavy atom. The standard InChI is InChI=1S/C12H18FNS/c1-3-5-15-12-7-10(9-14-4-2)6-11(13)8-12/h6-8,14H,3-5,9H2,1-2H3. The van der Waals surface area contributed by atoms with E-state index in [1.54, 1.807) is 23.9 Å². The maximum absolute atomic E-state index is 13.2. The fourth-order valence-corrected chi connectivity index (χ4v) is 2.17. The van der Waals surface area contributed by atoms with Gasteiger partial charge >= 0.3 is 0 Å². The van der Waals surface area contributed by atoms with Crippen LogP contribution in [0, 0.1) is 5.82 Å². The molecule has 0 radical (unpaired) electrons. The average Bonchev–Trinajstić information content (AvgIpc) is 2.23. The maximum atomic E-state index is 13.2. The Kier molecular flexibility index (Phi) is 5.73. The third-order valence-corrected chi connectivity index (χ3v) is 3.16. The molecule has 3 heteroatoms. The minimum Gasteiger partial charge on any atom is -0.313 e. The molecule has 1 aromatic carbocycles. The highest BCUT2D eigenvalue weighted by atomic mass is 32.2. The van der Waals surface area contributed by atoms with Crippen LogP contribution >= 0.6 is 11.8 Å². The molecule has 1 aromatic rings. The summed E-state index contributed by atoms with van der Waals surface area (Å²) in [6, 6.07) is 5.26. The van der Waals surface area contributed by atoms with Gasteiger partial charge in [-0.1, -0.05) is 13.8 Å². The van der Waals surface area contributed by atoms with Gasteiger partial charge in [0.05, 0.1) is 0 Å². The van der Waals surface area contributed by atoms with Gasteiger partial charge in [0.2, 0.25) is 0 Å². The molecule has 15 heavy (non-hydrogen) atoms. The summed E-state index contributed by atoms with van der Waals surface area (Å²) in [6.45, 7) is 5.83. The molecule has 0 atom stereocenters. The van der Waals surface area contributed by atoms with Gasteiger partial charge < -0.3 is 5.32 Å². The zero-order chi connectivity index (χ0) is 11.1. The van der Waals surface area contributed by atoms with E-state index < -0.39 is 0 Å². The van der Waals surface area contributed by atoms with Crippen LogP contribution in [-0.4, -0.2) is 12.3 Å². The molecule has 1 rings (SSSR count). The van der Waals surface area contributed by atoms with Crippen LogP contribution < -0.4 is 5.32 Å². The van der Waals surface area contributed by atoms with E-state index in [0.29, 0.717) is 0 Å². The first kappa shape index (κ1) is 12.5. The third kappa shape index (κ3) is 4.67. The molecule has 0 saturated carbocycles. The minimum atomic E-state index is -0.135. The van der Waals surface area contributed by atoms with Crippen molar-refractivity contribution in [1.82, 2.24) is 5.32 Å². The Bertz CT molecular complexity index is 275. The number of hydrogen-bond acceptors (Lipinski definition) is 2. The van der Waals surface area contributed by atoms with Gasteiger partial charge in [-0.25, -0.2) is 4.39 Å². The molecule has 1 nitrogen and oxygen atoms in total. The molecule has 0 saturated heterocycles. The van der Waals surface area contributed by atoms with Crippen LogP contribution in [0.3, 0.4) is 0 Å². The molecule has 0 fully saturated rings. The van der Waals surface area contributed by atoms with Crippen molar-refractivity contribution in [2.75, 3.05) is 12.3 Å². The van der Waals surface area contributed by atoms with E-state index in [-0.39, 0.29) is 5.82 Å². The second-order valence-electron chi connectivity index (χ2n) is 3.42. The lowest BCUT2D eigenvalue weighted by atomic mass is 10.2. The lowest BCUT2D eigenvalue weighted by molar-refractivity contribution is 0.617. The second kappa shape index (κ2) is 6.85. The van der Waals surface area contributed by atoms with Gasteiger partial charge in [-0.15, -0.1) is 11.8 Å². The Hall–Kier alpha value is -0.540. The van der Waals surface area contributed by atoms with Crippen molar-refractivity contribution in [2.24, 2.45) is 0 Å². The molecular weight excluding hydrogens is 209 g/mol. The fourth-order valence-electron chi connectivity index (χ4n) is 1.30. The SMILES string of the molecule is CCCSc1cc(F)cc(CNCC)c1. The molecule has 0 aliphatic rings.